The van der Waals surface area contributed by atoms with Gasteiger partial charge in [0.2, 0.25) is 10.0 Å². The first-order chi connectivity index (χ1) is 13.8. The summed E-state index contributed by atoms with van der Waals surface area (Å²) in [4.78, 5) is 28.4. The van der Waals surface area contributed by atoms with Crippen LogP contribution in [0.25, 0.3) is 0 Å². The molecular formula is C20H29N4O4S+. The fourth-order valence-electron chi connectivity index (χ4n) is 4.81. The Morgan fingerprint density at radius 1 is 1.14 bits per heavy atom. The highest BCUT2D eigenvalue weighted by Crippen LogP contribution is 2.37. The van der Waals surface area contributed by atoms with E-state index in [1.807, 2.05) is 6.92 Å². The Kier molecular flexibility index (Phi) is 5.39. The molecule has 2 aliphatic heterocycles. The van der Waals surface area contributed by atoms with E-state index in [-0.39, 0.29) is 17.9 Å². The van der Waals surface area contributed by atoms with Crippen LogP contribution in [0.4, 0.5) is 4.79 Å². The topological polar surface area (TPSA) is 91.2 Å². The largest absolute Gasteiger partial charge is 0.329 e. The highest BCUT2D eigenvalue weighted by molar-refractivity contribution is 7.89. The summed E-state index contributed by atoms with van der Waals surface area (Å²) in [6.07, 6.45) is 3.69. The van der Waals surface area contributed by atoms with Crippen LogP contribution in [0.2, 0.25) is 0 Å². The highest BCUT2D eigenvalue weighted by atomic mass is 32.2. The van der Waals surface area contributed by atoms with Gasteiger partial charge >= 0.3 is 6.03 Å². The second-order valence-corrected chi connectivity index (χ2v) is 10.3. The molecule has 158 valence electrons. The first-order valence-electron chi connectivity index (χ1n) is 10.4. The number of piperazine rings is 1. The standard InChI is InChI=1S/C20H28N4O4S/c1-16-7-5-6-10-20(16)18(25)24(19(26)21-20)15-22-11-13-23(14-12-22)29(27,28)17-8-3-2-4-9-17/h2-4,8-9,16H,5-7,10-15H2,1H3,(H,21,26)/p+1/t16-,20-/m0/s1. The van der Waals surface area contributed by atoms with E-state index in [0.29, 0.717) is 44.2 Å². The molecule has 0 aromatic heterocycles. The van der Waals surface area contributed by atoms with Crippen molar-refractivity contribution in [2.75, 3.05) is 32.8 Å². The number of carbonyl (C=O) groups is 2. The maximum atomic E-state index is 13.1. The lowest BCUT2D eigenvalue weighted by molar-refractivity contribution is -0.910. The maximum Gasteiger partial charge on any atom is 0.329 e. The molecule has 8 nitrogen and oxygen atoms in total. The molecule has 29 heavy (non-hydrogen) atoms. The number of hydrogen-bond donors (Lipinski definition) is 2. The van der Waals surface area contributed by atoms with Gasteiger partial charge in [-0.3, -0.25) is 4.79 Å². The Hall–Kier alpha value is -1.97. The van der Waals surface area contributed by atoms with E-state index in [2.05, 4.69) is 5.32 Å². The molecule has 9 heteroatoms. The van der Waals surface area contributed by atoms with Crippen LogP contribution in [0.1, 0.15) is 32.6 Å². The molecule has 1 saturated carbocycles. The summed E-state index contributed by atoms with van der Waals surface area (Å²) in [7, 11) is -3.50. The van der Waals surface area contributed by atoms with Crippen molar-refractivity contribution in [2.24, 2.45) is 5.92 Å². The Morgan fingerprint density at radius 3 is 2.48 bits per heavy atom. The van der Waals surface area contributed by atoms with Gasteiger partial charge in [0.05, 0.1) is 31.1 Å². The molecule has 3 aliphatic rings. The molecule has 0 unspecified atom stereocenters. The molecule has 1 aromatic rings. The number of sulfonamides is 1. The number of imide groups is 1. The van der Waals surface area contributed by atoms with Crippen LogP contribution in [0, 0.1) is 5.92 Å². The number of quaternary nitrogens is 1. The summed E-state index contributed by atoms with van der Waals surface area (Å²) in [6, 6.07) is 8.12. The quantitative estimate of drug-likeness (QED) is 0.672. The predicted molar refractivity (Wildman–Crippen MR) is 107 cm³/mol. The lowest BCUT2D eigenvalue weighted by Gasteiger charge is -2.37. The number of carbonyl (C=O) groups excluding carboxylic acids is 2. The Labute approximate surface area is 171 Å². The van der Waals surface area contributed by atoms with Crippen LogP contribution in [0.15, 0.2) is 35.2 Å². The van der Waals surface area contributed by atoms with Gasteiger partial charge in [-0.05, 0) is 30.9 Å². The average Bonchev–Trinajstić information content (AvgIpc) is 2.96. The van der Waals surface area contributed by atoms with E-state index in [4.69, 9.17) is 0 Å². The first kappa shape index (κ1) is 20.3. The summed E-state index contributed by atoms with van der Waals surface area (Å²) in [5.74, 6) is 0.0297. The van der Waals surface area contributed by atoms with Gasteiger partial charge in [0.1, 0.15) is 5.54 Å². The zero-order valence-corrected chi connectivity index (χ0v) is 17.6. The molecule has 3 fully saturated rings. The third-order valence-corrected chi connectivity index (χ3v) is 8.61. The smallest absolute Gasteiger partial charge is 0.323 e. The van der Waals surface area contributed by atoms with Gasteiger partial charge in [-0.1, -0.05) is 38.0 Å². The minimum absolute atomic E-state index is 0.110. The predicted octanol–water partition coefficient (Wildman–Crippen LogP) is 0.0340. The van der Waals surface area contributed by atoms with Gasteiger partial charge in [0.15, 0.2) is 6.67 Å². The van der Waals surface area contributed by atoms with Crippen LogP contribution >= 0.6 is 0 Å². The molecule has 1 spiro atoms. The number of benzene rings is 1. The van der Waals surface area contributed by atoms with Crippen LogP contribution in [-0.4, -0.2) is 67.9 Å². The fourth-order valence-corrected chi connectivity index (χ4v) is 6.27. The number of nitrogens with one attached hydrogen (secondary N) is 2. The SMILES string of the molecule is C[C@H]1CCCC[C@]12NC(=O)N(C[NH+]1CCN(S(=O)(=O)c3ccccc3)CC1)C2=O. The molecule has 3 amide bonds. The summed E-state index contributed by atoms with van der Waals surface area (Å²) < 4.78 is 27.0. The molecule has 0 bridgehead atoms. The number of urea groups is 1. The van der Waals surface area contributed by atoms with Gasteiger partial charge in [-0.2, -0.15) is 4.31 Å². The van der Waals surface area contributed by atoms with Crippen molar-refractivity contribution < 1.29 is 22.9 Å². The van der Waals surface area contributed by atoms with Crippen LogP contribution in [0.3, 0.4) is 0 Å². The van der Waals surface area contributed by atoms with Gasteiger partial charge in [0, 0.05) is 0 Å². The molecule has 0 radical (unpaired) electrons. The van der Waals surface area contributed by atoms with E-state index in [1.165, 1.54) is 9.21 Å². The summed E-state index contributed by atoms with van der Waals surface area (Å²) >= 11 is 0. The minimum Gasteiger partial charge on any atom is -0.323 e. The number of amides is 3. The van der Waals surface area contributed by atoms with Crippen LogP contribution < -0.4 is 10.2 Å². The second-order valence-electron chi connectivity index (χ2n) is 8.41. The summed E-state index contributed by atoms with van der Waals surface area (Å²) in [5.41, 5.74) is -0.743. The van der Waals surface area contributed by atoms with Crippen LogP contribution in [-0.2, 0) is 14.8 Å². The molecule has 4 rings (SSSR count). The molecule has 2 saturated heterocycles. The van der Waals surface area contributed by atoms with Gasteiger partial charge in [-0.15, -0.1) is 0 Å². The zero-order chi connectivity index (χ0) is 20.6. The van der Waals surface area contributed by atoms with E-state index in [9.17, 15) is 18.0 Å². The Bertz CT molecular complexity index is 883. The summed E-state index contributed by atoms with van der Waals surface area (Å²) in [5, 5.41) is 2.98. The van der Waals surface area contributed by atoms with Crippen molar-refractivity contribution in [1.29, 1.82) is 0 Å². The van der Waals surface area contributed by atoms with E-state index >= 15 is 0 Å². The highest BCUT2D eigenvalue weighted by Gasteiger charge is 2.55. The fraction of sp³-hybridized carbons (Fsp3) is 0.600. The van der Waals surface area contributed by atoms with Crippen molar-refractivity contribution in [3.05, 3.63) is 30.3 Å². The van der Waals surface area contributed by atoms with Crippen molar-refractivity contribution in [3.63, 3.8) is 0 Å². The number of rotatable bonds is 4. The van der Waals surface area contributed by atoms with Gasteiger partial charge in [0.25, 0.3) is 5.91 Å². The lowest BCUT2D eigenvalue weighted by atomic mass is 9.73. The van der Waals surface area contributed by atoms with Crippen molar-refractivity contribution in [3.8, 4) is 0 Å². The Morgan fingerprint density at radius 2 is 1.83 bits per heavy atom. The third-order valence-electron chi connectivity index (χ3n) is 6.69. The van der Waals surface area contributed by atoms with E-state index in [1.54, 1.807) is 30.3 Å². The van der Waals surface area contributed by atoms with Crippen molar-refractivity contribution in [1.82, 2.24) is 14.5 Å². The van der Waals surface area contributed by atoms with E-state index in [0.717, 1.165) is 24.2 Å². The minimum atomic E-state index is -3.50. The van der Waals surface area contributed by atoms with Crippen molar-refractivity contribution in [2.45, 2.75) is 43.0 Å². The molecule has 1 aliphatic carbocycles. The second kappa shape index (κ2) is 7.70. The normalized spacial score (nSPS) is 29.4. The number of nitrogens with zero attached hydrogens (tertiary/aromatic N) is 2. The van der Waals surface area contributed by atoms with Gasteiger partial charge < -0.3 is 10.2 Å². The first-order valence-corrected chi connectivity index (χ1v) is 11.8. The lowest BCUT2D eigenvalue weighted by Crippen LogP contribution is -3.16. The molecule has 1 aromatic carbocycles. The van der Waals surface area contributed by atoms with Gasteiger partial charge in [-0.25, -0.2) is 18.1 Å². The van der Waals surface area contributed by atoms with Crippen molar-refractivity contribution >= 4 is 22.0 Å². The number of hydrogen-bond acceptors (Lipinski definition) is 4. The molecular weight excluding hydrogens is 392 g/mol. The average molecular weight is 422 g/mol. The molecule has 2 atom stereocenters. The van der Waals surface area contributed by atoms with Crippen LogP contribution in [0.5, 0.6) is 0 Å². The van der Waals surface area contributed by atoms with E-state index < -0.39 is 15.6 Å². The molecule has 2 heterocycles. The Balaban J connectivity index is 1.39. The maximum absolute atomic E-state index is 13.1. The monoisotopic (exact) mass is 421 g/mol. The molecule has 2 N–H and O–H groups in total. The third kappa shape index (κ3) is 3.55. The summed E-state index contributed by atoms with van der Waals surface area (Å²) in [6.45, 7) is 4.20. The zero-order valence-electron chi connectivity index (χ0n) is 16.8.